The van der Waals surface area contributed by atoms with Gasteiger partial charge >= 0.3 is 11.6 Å². The lowest BCUT2D eigenvalue weighted by atomic mass is 10.1. The van der Waals surface area contributed by atoms with Gasteiger partial charge in [0.25, 0.3) is 10.0 Å². The third kappa shape index (κ3) is 4.13. The molecule has 1 fully saturated rings. The van der Waals surface area contributed by atoms with E-state index < -0.39 is 21.6 Å². The van der Waals surface area contributed by atoms with E-state index >= 15 is 0 Å². The molecule has 0 spiro atoms. The van der Waals surface area contributed by atoms with E-state index in [1.54, 1.807) is 25.1 Å². The summed E-state index contributed by atoms with van der Waals surface area (Å²) in [4.78, 5) is 26.5. The Morgan fingerprint density at radius 2 is 1.77 bits per heavy atom. The summed E-state index contributed by atoms with van der Waals surface area (Å²) < 4.78 is 38.8. The number of nitrogens with zero attached hydrogens (tertiary/aromatic N) is 1. The SMILES string of the molecule is CCOC(=O)c1ccc(S(=O)(=O)Nc2c(N3CCCC3)c3ccccc3oc2=O)cc1. The molecule has 0 amide bonds. The lowest BCUT2D eigenvalue weighted by molar-refractivity contribution is 0.0526. The van der Waals surface area contributed by atoms with Crippen LogP contribution in [0.4, 0.5) is 11.4 Å². The van der Waals surface area contributed by atoms with Gasteiger partial charge in [0.2, 0.25) is 0 Å². The minimum absolute atomic E-state index is 0.0829. The third-order valence-electron chi connectivity index (χ3n) is 5.12. The Labute approximate surface area is 179 Å². The fraction of sp³-hybridized carbons (Fsp3) is 0.273. The molecule has 0 radical (unpaired) electrons. The molecule has 1 aliphatic heterocycles. The van der Waals surface area contributed by atoms with Gasteiger partial charge in [0.05, 0.1) is 22.8 Å². The molecule has 0 bridgehead atoms. The van der Waals surface area contributed by atoms with Crippen molar-refractivity contribution >= 4 is 38.3 Å². The zero-order chi connectivity index (χ0) is 22.0. The van der Waals surface area contributed by atoms with Gasteiger partial charge in [-0.25, -0.2) is 18.0 Å². The topological polar surface area (TPSA) is 106 Å². The number of carbonyl (C=O) groups excluding carboxylic acids is 1. The fourth-order valence-electron chi connectivity index (χ4n) is 3.67. The zero-order valence-electron chi connectivity index (χ0n) is 17.0. The Kier molecular flexibility index (Phi) is 5.69. The van der Waals surface area contributed by atoms with Gasteiger partial charge in [-0.3, -0.25) is 4.72 Å². The first-order chi connectivity index (χ1) is 14.9. The fourth-order valence-corrected chi connectivity index (χ4v) is 4.73. The Morgan fingerprint density at radius 1 is 1.10 bits per heavy atom. The number of fused-ring (bicyclic) bond motifs is 1. The van der Waals surface area contributed by atoms with Gasteiger partial charge in [-0.05, 0) is 56.2 Å². The van der Waals surface area contributed by atoms with Crippen molar-refractivity contribution in [2.24, 2.45) is 0 Å². The average Bonchev–Trinajstić information content (AvgIpc) is 3.29. The number of esters is 1. The molecule has 1 N–H and O–H groups in total. The lowest BCUT2D eigenvalue weighted by Gasteiger charge is -2.22. The van der Waals surface area contributed by atoms with E-state index in [4.69, 9.17) is 9.15 Å². The Bertz CT molecular complexity index is 1280. The molecular weight excluding hydrogens is 420 g/mol. The third-order valence-corrected chi connectivity index (χ3v) is 6.49. The van der Waals surface area contributed by atoms with Crippen molar-refractivity contribution in [1.82, 2.24) is 0 Å². The highest BCUT2D eigenvalue weighted by molar-refractivity contribution is 7.92. The number of hydrogen-bond donors (Lipinski definition) is 1. The van der Waals surface area contributed by atoms with Gasteiger partial charge in [-0.1, -0.05) is 12.1 Å². The number of para-hydroxylation sites is 1. The largest absolute Gasteiger partial charge is 0.462 e. The van der Waals surface area contributed by atoms with E-state index in [9.17, 15) is 18.0 Å². The van der Waals surface area contributed by atoms with E-state index in [2.05, 4.69) is 4.72 Å². The summed E-state index contributed by atoms with van der Waals surface area (Å²) in [5.74, 6) is -0.536. The number of nitrogens with one attached hydrogen (secondary N) is 1. The van der Waals surface area contributed by atoms with Crippen molar-refractivity contribution in [1.29, 1.82) is 0 Å². The van der Waals surface area contributed by atoms with Crippen molar-refractivity contribution < 1.29 is 22.4 Å². The maximum atomic E-state index is 13.0. The van der Waals surface area contributed by atoms with Gasteiger partial charge in [-0.15, -0.1) is 0 Å². The van der Waals surface area contributed by atoms with Gasteiger partial charge in [0.1, 0.15) is 5.58 Å². The smallest absolute Gasteiger partial charge is 0.363 e. The van der Waals surface area contributed by atoms with Crippen molar-refractivity contribution in [3.63, 3.8) is 0 Å². The van der Waals surface area contributed by atoms with Crippen LogP contribution in [0.2, 0.25) is 0 Å². The summed E-state index contributed by atoms with van der Waals surface area (Å²) in [5, 5.41) is 0.666. The second-order valence-corrected chi connectivity index (χ2v) is 8.84. The molecule has 31 heavy (non-hydrogen) atoms. The number of ether oxygens (including phenoxy) is 1. The zero-order valence-corrected chi connectivity index (χ0v) is 17.8. The Hall–Kier alpha value is -3.33. The number of anilines is 2. The number of sulfonamides is 1. The van der Waals surface area contributed by atoms with Crippen LogP contribution in [0, 0.1) is 0 Å². The standard InChI is InChI=1S/C22H22N2O6S/c1-2-29-21(25)15-9-11-16(12-10-15)31(27,28)23-19-20(24-13-5-6-14-24)17-7-3-4-8-18(17)30-22(19)26/h3-4,7-12,23H,2,5-6,13-14H2,1H3. The summed E-state index contributed by atoms with van der Waals surface area (Å²) in [6, 6.07) is 12.4. The first-order valence-electron chi connectivity index (χ1n) is 10.0. The lowest BCUT2D eigenvalue weighted by Crippen LogP contribution is -2.25. The van der Waals surface area contributed by atoms with Crippen molar-refractivity contribution in [3.05, 3.63) is 64.5 Å². The van der Waals surface area contributed by atoms with Gasteiger partial charge in [0, 0.05) is 18.5 Å². The van der Waals surface area contributed by atoms with Crippen molar-refractivity contribution in [3.8, 4) is 0 Å². The Balaban J connectivity index is 1.75. The van der Waals surface area contributed by atoms with Crippen LogP contribution in [-0.4, -0.2) is 34.1 Å². The van der Waals surface area contributed by atoms with E-state index in [1.807, 2.05) is 11.0 Å². The van der Waals surface area contributed by atoms with Crippen LogP contribution in [0.25, 0.3) is 11.0 Å². The second-order valence-electron chi connectivity index (χ2n) is 7.15. The molecule has 8 nitrogen and oxygen atoms in total. The van der Waals surface area contributed by atoms with Gasteiger partial charge in [0.15, 0.2) is 5.69 Å². The average molecular weight is 442 g/mol. The predicted molar refractivity (Wildman–Crippen MR) is 117 cm³/mol. The quantitative estimate of drug-likeness (QED) is 0.461. The number of rotatable bonds is 6. The second kappa shape index (κ2) is 8.43. The van der Waals surface area contributed by atoms with Crippen LogP contribution >= 0.6 is 0 Å². The summed E-state index contributed by atoms with van der Waals surface area (Å²) in [6.07, 6.45) is 1.91. The van der Waals surface area contributed by atoms with Crippen molar-refractivity contribution in [2.45, 2.75) is 24.7 Å². The first kappa shape index (κ1) is 20.9. The monoisotopic (exact) mass is 442 g/mol. The molecule has 1 aliphatic rings. The summed E-state index contributed by atoms with van der Waals surface area (Å²) >= 11 is 0. The molecule has 9 heteroatoms. The highest BCUT2D eigenvalue weighted by atomic mass is 32.2. The first-order valence-corrected chi connectivity index (χ1v) is 11.5. The summed E-state index contributed by atoms with van der Waals surface area (Å²) in [6.45, 7) is 3.35. The summed E-state index contributed by atoms with van der Waals surface area (Å²) in [5.41, 5.74) is 0.290. The molecule has 3 aromatic rings. The summed E-state index contributed by atoms with van der Waals surface area (Å²) in [7, 11) is -4.10. The minimum Gasteiger partial charge on any atom is -0.462 e. The van der Waals surface area contributed by atoms with Gasteiger partial charge < -0.3 is 14.1 Å². The van der Waals surface area contributed by atoms with E-state index in [0.717, 1.165) is 25.9 Å². The van der Waals surface area contributed by atoms with E-state index in [1.165, 1.54) is 24.3 Å². The molecule has 0 atom stereocenters. The maximum Gasteiger partial charge on any atom is 0.363 e. The van der Waals surface area contributed by atoms with Crippen LogP contribution in [0.15, 0.2) is 62.6 Å². The van der Waals surface area contributed by atoms with Crippen LogP contribution < -0.4 is 15.2 Å². The molecule has 1 aromatic heterocycles. The normalized spacial score (nSPS) is 14.0. The van der Waals surface area contributed by atoms with Crippen molar-refractivity contribution in [2.75, 3.05) is 29.3 Å². The van der Waals surface area contributed by atoms with E-state index in [-0.39, 0.29) is 22.8 Å². The Morgan fingerprint density at radius 3 is 2.45 bits per heavy atom. The molecule has 0 aliphatic carbocycles. The molecule has 4 rings (SSSR count). The number of hydrogen-bond acceptors (Lipinski definition) is 7. The maximum absolute atomic E-state index is 13.0. The van der Waals surface area contributed by atoms with Crippen LogP contribution in [0.5, 0.6) is 0 Å². The predicted octanol–water partition coefficient (Wildman–Crippen LogP) is 3.37. The molecule has 0 saturated carbocycles. The molecule has 1 saturated heterocycles. The molecule has 162 valence electrons. The van der Waals surface area contributed by atoms with Crippen LogP contribution in [0.1, 0.15) is 30.1 Å². The van der Waals surface area contributed by atoms with E-state index in [0.29, 0.717) is 16.7 Å². The minimum atomic E-state index is -4.10. The highest BCUT2D eigenvalue weighted by Crippen LogP contribution is 2.35. The molecular formula is C22H22N2O6S. The molecule has 0 unspecified atom stereocenters. The molecule has 2 aromatic carbocycles. The molecule has 2 heterocycles. The van der Waals surface area contributed by atoms with Gasteiger partial charge in [-0.2, -0.15) is 0 Å². The van der Waals surface area contributed by atoms with Crippen LogP contribution in [-0.2, 0) is 14.8 Å². The number of benzene rings is 2. The number of carbonyl (C=O) groups is 1. The van der Waals surface area contributed by atoms with Crippen LogP contribution in [0.3, 0.4) is 0 Å². The highest BCUT2D eigenvalue weighted by Gasteiger charge is 2.26.